The van der Waals surface area contributed by atoms with Crippen LogP contribution in [0.1, 0.15) is 56.7 Å². The molecule has 47 heavy (non-hydrogen) atoms. The van der Waals surface area contributed by atoms with E-state index in [1.807, 2.05) is 24.3 Å². The first-order valence-electron chi connectivity index (χ1n) is 15.1. The number of carboxylic acid groups (broad SMARTS) is 1. The summed E-state index contributed by atoms with van der Waals surface area (Å²) in [6, 6.07) is 20.7. The first-order chi connectivity index (χ1) is 22.6. The summed E-state index contributed by atoms with van der Waals surface area (Å²) >= 11 is 1.48. The number of benzene rings is 3. The lowest BCUT2D eigenvalue weighted by molar-refractivity contribution is -0.138. The third-order valence-electron chi connectivity index (χ3n) is 7.65. The number of thioether (sulfide) groups is 1. The van der Waals surface area contributed by atoms with Gasteiger partial charge in [-0.25, -0.2) is 0 Å². The number of amides is 2. The lowest BCUT2D eigenvalue weighted by Gasteiger charge is -2.20. The quantitative estimate of drug-likeness (QED) is 0.137. The summed E-state index contributed by atoms with van der Waals surface area (Å²) in [5.74, 6) is -0.643. The molecule has 0 radical (unpaired) electrons. The number of halogens is 3. The number of aliphatic carboxylic acids is 1. The van der Waals surface area contributed by atoms with Gasteiger partial charge in [0.1, 0.15) is 0 Å². The first-order valence-corrected chi connectivity index (χ1v) is 16.2. The maximum atomic E-state index is 13.4. The molecule has 2 heterocycles. The molecule has 1 aliphatic heterocycles. The van der Waals surface area contributed by atoms with Crippen LogP contribution in [0, 0.1) is 0 Å². The Labute approximate surface area is 274 Å². The van der Waals surface area contributed by atoms with E-state index in [-0.39, 0.29) is 24.4 Å². The van der Waals surface area contributed by atoms with Gasteiger partial charge in [-0.15, -0.1) is 0 Å². The van der Waals surface area contributed by atoms with Crippen LogP contribution in [0.3, 0.4) is 0 Å². The number of rotatable bonds is 12. The third-order valence-corrected chi connectivity index (χ3v) is 8.68. The highest BCUT2D eigenvalue weighted by Gasteiger charge is 2.30. The molecule has 1 aliphatic rings. The molecule has 244 valence electrons. The second kappa shape index (κ2) is 15.2. The molecule has 1 fully saturated rings. The van der Waals surface area contributed by atoms with Crippen LogP contribution in [0.2, 0.25) is 0 Å². The molecule has 2 amide bonds. The van der Waals surface area contributed by atoms with Crippen molar-refractivity contribution in [1.82, 2.24) is 10.3 Å². The molecule has 5 rings (SSSR count). The van der Waals surface area contributed by atoms with Crippen molar-refractivity contribution >= 4 is 40.9 Å². The van der Waals surface area contributed by atoms with Gasteiger partial charge in [0.2, 0.25) is 0 Å². The van der Waals surface area contributed by atoms with Gasteiger partial charge >= 0.3 is 12.1 Å². The number of pyridine rings is 1. The Morgan fingerprint density at radius 1 is 0.872 bits per heavy atom. The van der Waals surface area contributed by atoms with E-state index in [1.165, 1.54) is 36.2 Å². The van der Waals surface area contributed by atoms with Gasteiger partial charge in [0.05, 0.1) is 23.4 Å². The molecule has 8 nitrogen and oxygen atoms in total. The fourth-order valence-electron chi connectivity index (χ4n) is 5.23. The number of nitrogens with zero attached hydrogens (tertiary/aromatic N) is 2. The van der Waals surface area contributed by atoms with Crippen LogP contribution in [-0.4, -0.2) is 46.7 Å². The molecule has 0 spiro atoms. The maximum absolute atomic E-state index is 13.4. The average Bonchev–Trinajstić information content (AvgIpc) is 3.61. The van der Waals surface area contributed by atoms with Crippen molar-refractivity contribution in [3.05, 3.63) is 113 Å². The molecule has 0 saturated carbocycles. The average molecular weight is 663 g/mol. The molecule has 0 unspecified atom stereocenters. The smallest absolute Gasteiger partial charge is 0.416 e. The molecule has 4 aromatic rings. The summed E-state index contributed by atoms with van der Waals surface area (Å²) in [6.45, 7) is 1.70. The lowest BCUT2D eigenvalue weighted by atomic mass is 10.0. The van der Waals surface area contributed by atoms with Crippen LogP contribution in [0.5, 0.6) is 0 Å². The second-order valence-corrected chi connectivity index (χ2v) is 12.2. The van der Waals surface area contributed by atoms with Gasteiger partial charge < -0.3 is 20.6 Å². The van der Waals surface area contributed by atoms with Gasteiger partial charge in [-0.05, 0) is 78.6 Å². The van der Waals surface area contributed by atoms with Crippen LogP contribution in [-0.2, 0) is 23.3 Å². The maximum Gasteiger partial charge on any atom is 0.416 e. The normalized spacial score (nSPS) is 13.0. The minimum Gasteiger partial charge on any atom is -0.481 e. The highest BCUT2D eigenvalue weighted by Crippen LogP contribution is 2.34. The van der Waals surface area contributed by atoms with Crippen LogP contribution < -0.4 is 15.5 Å². The SMILES string of the molecule is O=C(O)CCSCc1cccc(C(=O)Nc2ccc(N3CCCC3)cc2-c2cc(C(=O)NCc3cccc(C(F)(F)F)c3)ccn2)c1. The highest BCUT2D eigenvalue weighted by molar-refractivity contribution is 7.98. The molecule has 1 aromatic heterocycles. The predicted molar refractivity (Wildman–Crippen MR) is 177 cm³/mol. The van der Waals surface area contributed by atoms with E-state index in [0.717, 1.165) is 49.3 Å². The summed E-state index contributed by atoms with van der Waals surface area (Å²) in [6.07, 6.45) is -0.805. The van der Waals surface area contributed by atoms with Crippen LogP contribution in [0.4, 0.5) is 24.5 Å². The summed E-state index contributed by atoms with van der Waals surface area (Å²) in [5.41, 5.74) is 3.62. The Kier molecular flexibility index (Phi) is 10.8. The Bertz CT molecular complexity index is 1760. The van der Waals surface area contributed by atoms with Crippen LogP contribution >= 0.6 is 11.8 Å². The third kappa shape index (κ3) is 9.13. The van der Waals surface area contributed by atoms with Gasteiger partial charge in [-0.1, -0.05) is 24.3 Å². The zero-order valence-corrected chi connectivity index (χ0v) is 26.2. The summed E-state index contributed by atoms with van der Waals surface area (Å²) in [5, 5.41) is 14.5. The fourth-order valence-corrected chi connectivity index (χ4v) is 6.11. The zero-order valence-electron chi connectivity index (χ0n) is 25.3. The standard InChI is InChI=1S/C35H33F3N4O4S/c36-35(37,38)27-8-4-5-23(18-27)21-40-33(45)26-11-13-39-31(19-26)29-20-28(42-14-1-2-15-42)9-10-30(29)41-34(46)25-7-3-6-24(17-25)22-47-16-12-32(43)44/h3-11,13,17-20H,1-2,12,14-16,21-22H2,(H,40,45)(H,41,46)(H,43,44). The van der Waals surface area contributed by atoms with E-state index < -0.39 is 23.6 Å². The largest absolute Gasteiger partial charge is 0.481 e. The van der Waals surface area contributed by atoms with Crippen molar-refractivity contribution in [1.29, 1.82) is 0 Å². The lowest BCUT2D eigenvalue weighted by Crippen LogP contribution is -2.23. The summed E-state index contributed by atoms with van der Waals surface area (Å²) < 4.78 is 39.4. The number of carboxylic acids is 1. The van der Waals surface area contributed by atoms with E-state index in [9.17, 15) is 27.6 Å². The van der Waals surface area contributed by atoms with Crippen molar-refractivity contribution in [2.45, 2.75) is 37.7 Å². The zero-order chi connectivity index (χ0) is 33.4. The number of aromatic nitrogens is 1. The summed E-state index contributed by atoms with van der Waals surface area (Å²) in [7, 11) is 0. The number of hydrogen-bond acceptors (Lipinski definition) is 6. The Hall–Kier alpha value is -4.84. The van der Waals surface area contributed by atoms with E-state index >= 15 is 0 Å². The van der Waals surface area contributed by atoms with Crippen molar-refractivity contribution in [2.24, 2.45) is 0 Å². The van der Waals surface area contributed by atoms with Crippen molar-refractivity contribution < 1.29 is 32.7 Å². The number of carbonyl (C=O) groups is 3. The minimum atomic E-state index is -4.48. The Balaban J connectivity index is 1.36. The Morgan fingerprint density at radius 2 is 1.62 bits per heavy atom. The number of carbonyl (C=O) groups excluding carboxylic acids is 2. The number of nitrogens with one attached hydrogen (secondary N) is 2. The molecular formula is C35H33F3N4O4S. The van der Waals surface area contributed by atoms with Gasteiger partial charge in [-0.2, -0.15) is 24.9 Å². The van der Waals surface area contributed by atoms with Gasteiger partial charge in [-0.3, -0.25) is 19.4 Å². The van der Waals surface area contributed by atoms with Gasteiger partial charge in [0.15, 0.2) is 0 Å². The predicted octanol–water partition coefficient (Wildman–Crippen LogP) is 7.26. The van der Waals surface area contributed by atoms with Crippen LogP contribution in [0.25, 0.3) is 11.3 Å². The number of hydrogen-bond donors (Lipinski definition) is 3. The van der Waals surface area contributed by atoms with E-state index in [0.29, 0.717) is 39.6 Å². The molecule has 0 bridgehead atoms. The molecule has 3 aromatic carbocycles. The molecule has 0 aliphatic carbocycles. The molecule has 0 atom stereocenters. The fraction of sp³-hybridized carbons (Fsp3) is 0.257. The molecule has 12 heteroatoms. The topological polar surface area (TPSA) is 112 Å². The van der Waals surface area contributed by atoms with Crippen molar-refractivity contribution in [2.75, 3.05) is 29.1 Å². The Morgan fingerprint density at radius 3 is 2.38 bits per heavy atom. The van der Waals surface area contributed by atoms with E-state index in [2.05, 4.69) is 20.5 Å². The summed E-state index contributed by atoms with van der Waals surface area (Å²) in [4.78, 5) is 44.1. The van der Waals surface area contributed by atoms with Crippen molar-refractivity contribution in [3.8, 4) is 11.3 Å². The van der Waals surface area contributed by atoms with Crippen LogP contribution in [0.15, 0.2) is 85.1 Å². The first kappa shape index (κ1) is 33.5. The van der Waals surface area contributed by atoms with E-state index in [1.54, 1.807) is 24.3 Å². The monoisotopic (exact) mass is 662 g/mol. The molecular weight excluding hydrogens is 629 g/mol. The van der Waals surface area contributed by atoms with Crippen molar-refractivity contribution in [3.63, 3.8) is 0 Å². The molecule has 3 N–H and O–H groups in total. The second-order valence-electron chi connectivity index (χ2n) is 11.1. The molecule has 1 saturated heterocycles. The number of alkyl halides is 3. The minimum absolute atomic E-state index is 0.0633. The van der Waals surface area contributed by atoms with E-state index in [4.69, 9.17) is 5.11 Å². The van der Waals surface area contributed by atoms with Gasteiger partial charge in [0, 0.05) is 59.7 Å². The number of anilines is 2. The van der Waals surface area contributed by atoms with Gasteiger partial charge in [0.25, 0.3) is 11.8 Å². The highest BCUT2D eigenvalue weighted by atomic mass is 32.2.